The fraction of sp³-hybridized carbons (Fsp3) is 0.941. The van der Waals surface area contributed by atoms with Gasteiger partial charge in [0.15, 0.2) is 0 Å². The SMILES string of the molecule is CCOC1CC(N(C)C(=O)CCC(C)N)C12CCCCC2. The van der Waals surface area contributed by atoms with E-state index in [1.807, 2.05) is 18.9 Å². The third-order valence-corrected chi connectivity index (χ3v) is 5.57. The van der Waals surface area contributed by atoms with Crippen LogP contribution in [0, 0.1) is 5.41 Å². The summed E-state index contributed by atoms with van der Waals surface area (Å²) in [5.41, 5.74) is 6.00. The van der Waals surface area contributed by atoms with Crippen LogP contribution >= 0.6 is 0 Å². The smallest absolute Gasteiger partial charge is 0.222 e. The Hall–Kier alpha value is -0.610. The van der Waals surface area contributed by atoms with E-state index in [4.69, 9.17) is 10.5 Å². The summed E-state index contributed by atoms with van der Waals surface area (Å²) in [4.78, 5) is 14.4. The normalized spacial score (nSPS) is 29.0. The molecule has 2 saturated carbocycles. The molecule has 2 aliphatic rings. The quantitative estimate of drug-likeness (QED) is 0.820. The lowest BCUT2D eigenvalue weighted by atomic mass is 9.54. The maximum atomic E-state index is 12.4. The number of carbonyl (C=O) groups excluding carboxylic acids is 1. The van der Waals surface area contributed by atoms with Crippen molar-refractivity contribution in [2.75, 3.05) is 13.7 Å². The van der Waals surface area contributed by atoms with Gasteiger partial charge in [-0.1, -0.05) is 19.3 Å². The number of hydrogen-bond acceptors (Lipinski definition) is 3. The molecular weight excluding hydrogens is 264 g/mol. The van der Waals surface area contributed by atoms with Crippen LogP contribution in [0.2, 0.25) is 0 Å². The number of nitrogens with two attached hydrogens (primary N) is 1. The molecule has 3 atom stereocenters. The summed E-state index contributed by atoms with van der Waals surface area (Å²) < 4.78 is 5.97. The maximum absolute atomic E-state index is 12.4. The molecule has 4 heteroatoms. The number of ether oxygens (including phenoxy) is 1. The highest BCUT2D eigenvalue weighted by Crippen LogP contribution is 2.55. The van der Waals surface area contributed by atoms with Gasteiger partial charge in [-0.3, -0.25) is 4.79 Å². The van der Waals surface area contributed by atoms with Gasteiger partial charge in [-0.25, -0.2) is 0 Å². The van der Waals surface area contributed by atoms with E-state index in [1.54, 1.807) is 0 Å². The monoisotopic (exact) mass is 296 g/mol. The molecule has 0 aromatic carbocycles. The molecule has 2 N–H and O–H groups in total. The fourth-order valence-corrected chi connectivity index (χ4v) is 4.27. The van der Waals surface area contributed by atoms with Crippen molar-refractivity contribution in [2.45, 2.75) is 83.4 Å². The Balaban J connectivity index is 1.99. The predicted octanol–water partition coefficient (Wildman–Crippen LogP) is 2.70. The van der Waals surface area contributed by atoms with Gasteiger partial charge in [0.2, 0.25) is 5.91 Å². The van der Waals surface area contributed by atoms with E-state index in [9.17, 15) is 4.79 Å². The molecule has 0 radical (unpaired) electrons. The third-order valence-electron chi connectivity index (χ3n) is 5.57. The van der Waals surface area contributed by atoms with Gasteiger partial charge in [-0.05, 0) is 39.5 Å². The summed E-state index contributed by atoms with van der Waals surface area (Å²) in [5, 5.41) is 0. The average Bonchev–Trinajstić information content (AvgIpc) is 2.48. The van der Waals surface area contributed by atoms with Gasteiger partial charge in [-0.2, -0.15) is 0 Å². The van der Waals surface area contributed by atoms with Crippen LogP contribution < -0.4 is 5.73 Å². The lowest BCUT2D eigenvalue weighted by Gasteiger charge is -2.60. The first kappa shape index (κ1) is 16.8. The molecule has 21 heavy (non-hydrogen) atoms. The summed E-state index contributed by atoms with van der Waals surface area (Å²) in [6.07, 6.45) is 9.03. The van der Waals surface area contributed by atoms with Gasteiger partial charge in [0, 0.05) is 37.6 Å². The first-order chi connectivity index (χ1) is 10.0. The highest BCUT2D eigenvalue weighted by Gasteiger charge is 2.57. The Morgan fingerprint density at radius 1 is 1.38 bits per heavy atom. The van der Waals surface area contributed by atoms with Crippen molar-refractivity contribution in [1.82, 2.24) is 4.90 Å². The summed E-state index contributed by atoms with van der Waals surface area (Å²) in [5.74, 6) is 0.247. The van der Waals surface area contributed by atoms with E-state index in [0.29, 0.717) is 18.6 Å². The van der Waals surface area contributed by atoms with E-state index in [0.717, 1.165) is 19.4 Å². The van der Waals surface area contributed by atoms with Crippen molar-refractivity contribution in [1.29, 1.82) is 0 Å². The first-order valence-electron chi connectivity index (χ1n) is 8.64. The summed E-state index contributed by atoms with van der Waals surface area (Å²) >= 11 is 0. The summed E-state index contributed by atoms with van der Waals surface area (Å²) in [6, 6.07) is 0.471. The van der Waals surface area contributed by atoms with E-state index >= 15 is 0 Å². The van der Waals surface area contributed by atoms with E-state index in [2.05, 4.69) is 6.92 Å². The molecule has 4 nitrogen and oxygen atoms in total. The van der Waals surface area contributed by atoms with Crippen molar-refractivity contribution >= 4 is 5.91 Å². The number of hydrogen-bond donors (Lipinski definition) is 1. The highest BCUT2D eigenvalue weighted by molar-refractivity contribution is 5.76. The second kappa shape index (κ2) is 7.10. The maximum Gasteiger partial charge on any atom is 0.222 e. The minimum absolute atomic E-state index is 0.101. The summed E-state index contributed by atoms with van der Waals surface area (Å²) in [7, 11) is 1.98. The minimum atomic E-state index is 0.101. The van der Waals surface area contributed by atoms with Crippen molar-refractivity contribution in [3.8, 4) is 0 Å². The van der Waals surface area contributed by atoms with Gasteiger partial charge in [0.1, 0.15) is 0 Å². The third kappa shape index (κ3) is 3.42. The van der Waals surface area contributed by atoms with Crippen LogP contribution in [-0.2, 0) is 9.53 Å². The molecule has 2 aliphatic carbocycles. The average molecular weight is 296 g/mol. The predicted molar refractivity (Wildman–Crippen MR) is 85.0 cm³/mol. The second-order valence-corrected chi connectivity index (χ2v) is 7.01. The van der Waals surface area contributed by atoms with Crippen LogP contribution in [0.1, 0.15) is 65.2 Å². The van der Waals surface area contributed by atoms with Crippen molar-refractivity contribution < 1.29 is 9.53 Å². The Morgan fingerprint density at radius 3 is 2.62 bits per heavy atom. The zero-order valence-corrected chi connectivity index (χ0v) is 13.9. The van der Waals surface area contributed by atoms with Crippen molar-refractivity contribution in [2.24, 2.45) is 11.1 Å². The van der Waals surface area contributed by atoms with Gasteiger partial charge in [0.25, 0.3) is 0 Å². The molecule has 0 bridgehead atoms. The van der Waals surface area contributed by atoms with E-state index < -0.39 is 0 Å². The molecule has 0 aliphatic heterocycles. The van der Waals surface area contributed by atoms with Crippen LogP contribution in [0.4, 0.5) is 0 Å². The van der Waals surface area contributed by atoms with Gasteiger partial charge >= 0.3 is 0 Å². The standard InChI is InChI=1S/C17H32N2O2/c1-4-21-15-12-14(17(15)10-6-5-7-11-17)19(3)16(20)9-8-13(2)18/h13-15H,4-12,18H2,1-3H3. The Morgan fingerprint density at radius 2 is 2.05 bits per heavy atom. The summed E-state index contributed by atoms with van der Waals surface area (Å²) in [6.45, 7) is 4.81. The van der Waals surface area contributed by atoms with Crippen LogP contribution in [0.15, 0.2) is 0 Å². The molecular formula is C17H32N2O2. The molecule has 122 valence electrons. The molecule has 1 amide bonds. The second-order valence-electron chi connectivity index (χ2n) is 7.01. The number of amides is 1. The lowest BCUT2D eigenvalue weighted by Crippen LogP contribution is -2.65. The Labute approximate surface area is 129 Å². The minimum Gasteiger partial charge on any atom is -0.378 e. The van der Waals surface area contributed by atoms with Gasteiger partial charge in [-0.15, -0.1) is 0 Å². The zero-order chi connectivity index (χ0) is 15.5. The topological polar surface area (TPSA) is 55.6 Å². The molecule has 3 unspecified atom stereocenters. The molecule has 1 spiro atoms. The number of rotatable bonds is 6. The zero-order valence-electron chi connectivity index (χ0n) is 13.9. The molecule has 2 rings (SSSR count). The fourth-order valence-electron chi connectivity index (χ4n) is 4.27. The van der Waals surface area contributed by atoms with E-state index in [1.165, 1.54) is 32.1 Å². The van der Waals surface area contributed by atoms with Crippen molar-refractivity contribution in [3.05, 3.63) is 0 Å². The van der Waals surface area contributed by atoms with Crippen molar-refractivity contribution in [3.63, 3.8) is 0 Å². The Bertz CT molecular complexity index is 351. The van der Waals surface area contributed by atoms with Gasteiger partial charge < -0.3 is 15.4 Å². The molecule has 0 heterocycles. The first-order valence-corrected chi connectivity index (χ1v) is 8.64. The number of carbonyl (C=O) groups is 1. The molecule has 2 fully saturated rings. The Kier molecular flexibility index (Phi) is 5.67. The van der Waals surface area contributed by atoms with Crippen LogP contribution in [0.3, 0.4) is 0 Å². The van der Waals surface area contributed by atoms with Crippen LogP contribution in [0.5, 0.6) is 0 Å². The lowest BCUT2D eigenvalue weighted by molar-refractivity contribution is -0.185. The van der Waals surface area contributed by atoms with Crippen LogP contribution in [-0.4, -0.2) is 42.6 Å². The molecule has 0 aromatic heterocycles. The van der Waals surface area contributed by atoms with E-state index in [-0.39, 0.29) is 17.4 Å². The van der Waals surface area contributed by atoms with Crippen LogP contribution in [0.25, 0.3) is 0 Å². The molecule has 0 saturated heterocycles. The largest absolute Gasteiger partial charge is 0.378 e. The molecule has 0 aromatic rings. The van der Waals surface area contributed by atoms with Gasteiger partial charge in [0.05, 0.1) is 6.10 Å². The number of nitrogens with zero attached hydrogens (tertiary/aromatic N) is 1. The highest BCUT2D eigenvalue weighted by atomic mass is 16.5.